The average molecular weight is 404 g/mol. The Labute approximate surface area is 165 Å². The van der Waals surface area contributed by atoms with Crippen molar-refractivity contribution in [2.24, 2.45) is 0 Å². The molecule has 0 aromatic heterocycles. The zero-order chi connectivity index (χ0) is 20.1. The number of benzene rings is 2. The van der Waals surface area contributed by atoms with Gasteiger partial charge in [-0.05, 0) is 42.7 Å². The van der Waals surface area contributed by atoms with Crippen molar-refractivity contribution in [2.75, 3.05) is 30.8 Å². The molecule has 0 saturated heterocycles. The van der Waals surface area contributed by atoms with Gasteiger partial charge in [0.2, 0.25) is 10.0 Å². The van der Waals surface area contributed by atoms with Gasteiger partial charge < -0.3 is 14.8 Å². The van der Waals surface area contributed by atoms with Crippen LogP contribution in [-0.2, 0) is 21.2 Å². The summed E-state index contributed by atoms with van der Waals surface area (Å²) in [5, 5.41) is 2.84. The number of carbonyl (C=O) groups excluding carboxylic acids is 1. The molecule has 0 spiro atoms. The van der Waals surface area contributed by atoms with Gasteiger partial charge in [0.05, 0.1) is 25.6 Å². The number of fused-ring (bicyclic) bond motifs is 1. The molecule has 1 aliphatic rings. The van der Waals surface area contributed by atoms with Gasteiger partial charge in [0, 0.05) is 6.54 Å². The number of carbonyl (C=O) groups is 1. The molecule has 1 N–H and O–H groups in total. The van der Waals surface area contributed by atoms with E-state index < -0.39 is 16.1 Å². The first kappa shape index (κ1) is 20.0. The van der Waals surface area contributed by atoms with Gasteiger partial charge in [0.25, 0.3) is 5.91 Å². The number of hydrogen-bond acceptors (Lipinski definition) is 5. The molecule has 2 aromatic rings. The number of nitrogens with zero attached hydrogens (tertiary/aromatic N) is 1. The molecule has 1 atom stereocenters. The Morgan fingerprint density at radius 1 is 1.25 bits per heavy atom. The zero-order valence-corrected chi connectivity index (χ0v) is 16.7. The molecular weight excluding hydrogens is 380 g/mol. The van der Waals surface area contributed by atoms with Crippen LogP contribution in [-0.4, -0.2) is 46.9 Å². The van der Waals surface area contributed by atoms with Crippen molar-refractivity contribution in [1.82, 2.24) is 5.32 Å². The monoisotopic (exact) mass is 404 g/mol. The minimum atomic E-state index is -3.51. The van der Waals surface area contributed by atoms with Crippen molar-refractivity contribution in [3.05, 3.63) is 54.1 Å². The normalized spacial score (nSPS) is 16.1. The van der Waals surface area contributed by atoms with Gasteiger partial charge in [-0.25, -0.2) is 8.42 Å². The molecule has 1 amide bonds. The van der Waals surface area contributed by atoms with Gasteiger partial charge in [-0.15, -0.1) is 0 Å². The van der Waals surface area contributed by atoms with Crippen LogP contribution in [0.4, 0.5) is 5.69 Å². The maximum atomic E-state index is 12.5. The van der Waals surface area contributed by atoms with Crippen LogP contribution in [0.2, 0.25) is 0 Å². The number of para-hydroxylation sites is 2. The first-order valence-corrected chi connectivity index (χ1v) is 10.9. The van der Waals surface area contributed by atoms with E-state index in [-0.39, 0.29) is 12.5 Å². The second-order valence-electron chi connectivity index (χ2n) is 6.61. The molecule has 1 heterocycles. The molecular formula is C20H24N2O5S. The van der Waals surface area contributed by atoms with E-state index in [4.69, 9.17) is 9.47 Å². The Kier molecular flexibility index (Phi) is 6.08. The summed E-state index contributed by atoms with van der Waals surface area (Å²) < 4.78 is 36.4. The summed E-state index contributed by atoms with van der Waals surface area (Å²) in [5.41, 5.74) is 1.58. The van der Waals surface area contributed by atoms with E-state index in [1.807, 2.05) is 24.3 Å². The van der Waals surface area contributed by atoms with E-state index >= 15 is 0 Å². The average Bonchev–Trinajstić information content (AvgIpc) is 2.69. The molecule has 28 heavy (non-hydrogen) atoms. The minimum Gasteiger partial charge on any atom is -0.497 e. The van der Waals surface area contributed by atoms with Crippen LogP contribution in [0.1, 0.15) is 12.0 Å². The van der Waals surface area contributed by atoms with Crippen molar-refractivity contribution < 1.29 is 22.7 Å². The second kappa shape index (κ2) is 8.52. The largest absolute Gasteiger partial charge is 0.497 e. The van der Waals surface area contributed by atoms with Crippen molar-refractivity contribution in [2.45, 2.75) is 18.9 Å². The predicted molar refractivity (Wildman–Crippen MR) is 107 cm³/mol. The lowest BCUT2D eigenvalue weighted by atomic mass is 10.1. The van der Waals surface area contributed by atoms with Crippen LogP contribution in [0.25, 0.3) is 0 Å². The lowest BCUT2D eigenvalue weighted by Gasteiger charge is -2.33. The van der Waals surface area contributed by atoms with Gasteiger partial charge in [0.1, 0.15) is 11.5 Å². The Hall–Kier alpha value is -2.74. The molecule has 7 nitrogen and oxygen atoms in total. The maximum Gasteiger partial charge on any atom is 0.263 e. The molecule has 8 heteroatoms. The Morgan fingerprint density at radius 2 is 2.04 bits per heavy atom. The summed E-state index contributed by atoms with van der Waals surface area (Å²) >= 11 is 0. The molecule has 0 aliphatic carbocycles. The molecule has 150 valence electrons. The van der Waals surface area contributed by atoms with Crippen LogP contribution in [0.5, 0.6) is 11.5 Å². The molecule has 0 fully saturated rings. The molecule has 0 bridgehead atoms. The number of aryl methyl sites for hydroxylation is 1. The van der Waals surface area contributed by atoms with Crippen molar-refractivity contribution >= 4 is 21.6 Å². The Morgan fingerprint density at radius 3 is 2.79 bits per heavy atom. The Bertz CT molecular complexity index is 945. The molecule has 0 radical (unpaired) electrons. The fourth-order valence-electron chi connectivity index (χ4n) is 3.10. The van der Waals surface area contributed by atoms with E-state index in [9.17, 15) is 13.2 Å². The number of nitrogens with one attached hydrogen (secondary N) is 1. The van der Waals surface area contributed by atoms with Crippen molar-refractivity contribution in [1.29, 1.82) is 0 Å². The first-order valence-electron chi connectivity index (χ1n) is 9.02. The topological polar surface area (TPSA) is 84.9 Å². The van der Waals surface area contributed by atoms with Crippen LogP contribution >= 0.6 is 0 Å². The highest BCUT2D eigenvalue weighted by Crippen LogP contribution is 2.34. The number of amides is 1. The van der Waals surface area contributed by atoms with E-state index in [1.54, 1.807) is 31.4 Å². The lowest BCUT2D eigenvalue weighted by molar-refractivity contribution is -0.127. The first-order chi connectivity index (χ1) is 13.4. The fourth-order valence-corrected chi connectivity index (χ4v) is 4.01. The standard InChI is InChI=1S/C20H24N2O5S/c1-26-16-9-5-7-15(13-16)8-6-12-21-20(23)19-14-22(28(2,24)25)17-10-3-4-11-18(17)27-19/h3-5,7,9-11,13,19H,6,8,12,14H2,1-2H3,(H,21,23)/t19-/m1/s1. The lowest BCUT2D eigenvalue weighted by Crippen LogP contribution is -2.50. The van der Waals surface area contributed by atoms with Gasteiger partial charge in [0.15, 0.2) is 6.10 Å². The summed E-state index contributed by atoms with van der Waals surface area (Å²) in [7, 11) is -1.89. The van der Waals surface area contributed by atoms with Gasteiger partial charge >= 0.3 is 0 Å². The third kappa shape index (κ3) is 4.75. The van der Waals surface area contributed by atoms with Gasteiger partial charge in [-0.3, -0.25) is 9.10 Å². The molecule has 0 saturated carbocycles. The third-order valence-electron chi connectivity index (χ3n) is 4.50. The number of ether oxygens (including phenoxy) is 2. The summed E-state index contributed by atoms with van der Waals surface area (Å²) in [4.78, 5) is 12.5. The number of methoxy groups -OCH3 is 1. The highest BCUT2D eigenvalue weighted by molar-refractivity contribution is 7.92. The molecule has 1 aliphatic heterocycles. The van der Waals surface area contributed by atoms with Crippen LogP contribution in [0.3, 0.4) is 0 Å². The van der Waals surface area contributed by atoms with Crippen LogP contribution < -0.4 is 19.1 Å². The SMILES string of the molecule is COc1cccc(CCCNC(=O)[C@H]2CN(S(C)(=O)=O)c3ccccc3O2)c1. The van der Waals surface area contributed by atoms with Crippen LogP contribution in [0.15, 0.2) is 48.5 Å². The number of hydrogen-bond donors (Lipinski definition) is 1. The number of rotatable bonds is 7. The quantitative estimate of drug-likeness (QED) is 0.713. The number of sulfonamides is 1. The van der Waals surface area contributed by atoms with E-state index in [1.165, 1.54) is 4.31 Å². The number of anilines is 1. The highest BCUT2D eigenvalue weighted by atomic mass is 32.2. The fraction of sp³-hybridized carbons (Fsp3) is 0.350. The highest BCUT2D eigenvalue weighted by Gasteiger charge is 2.34. The second-order valence-corrected chi connectivity index (χ2v) is 8.52. The Balaban J connectivity index is 1.57. The van der Waals surface area contributed by atoms with Gasteiger partial charge in [-0.2, -0.15) is 0 Å². The zero-order valence-electron chi connectivity index (χ0n) is 15.9. The third-order valence-corrected chi connectivity index (χ3v) is 5.65. The van der Waals surface area contributed by atoms with E-state index in [2.05, 4.69) is 5.32 Å². The summed E-state index contributed by atoms with van der Waals surface area (Å²) in [6, 6.07) is 14.6. The summed E-state index contributed by atoms with van der Waals surface area (Å²) in [6.07, 6.45) is 1.78. The van der Waals surface area contributed by atoms with Gasteiger partial charge in [-0.1, -0.05) is 24.3 Å². The molecule has 2 aromatic carbocycles. The smallest absolute Gasteiger partial charge is 0.263 e. The van der Waals surface area contributed by atoms with Crippen molar-refractivity contribution in [3.63, 3.8) is 0 Å². The maximum absolute atomic E-state index is 12.5. The predicted octanol–water partition coefficient (Wildman–Crippen LogP) is 1.97. The molecule has 3 rings (SSSR count). The summed E-state index contributed by atoms with van der Waals surface area (Å²) in [6.45, 7) is 0.425. The van der Waals surface area contributed by atoms with Crippen LogP contribution in [0, 0.1) is 0 Å². The molecule has 0 unspecified atom stereocenters. The van der Waals surface area contributed by atoms with Crippen molar-refractivity contribution in [3.8, 4) is 11.5 Å². The minimum absolute atomic E-state index is 0.0441. The summed E-state index contributed by atoms with van der Waals surface area (Å²) in [5.74, 6) is 0.862. The van der Waals surface area contributed by atoms with E-state index in [0.717, 1.165) is 30.4 Å². The van der Waals surface area contributed by atoms with E-state index in [0.29, 0.717) is 18.0 Å².